The average Bonchev–Trinajstić information content (AvgIpc) is 2.57. The van der Waals surface area contributed by atoms with Gasteiger partial charge in [-0.15, -0.1) is 0 Å². The topological polar surface area (TPSA) is 52.6 Å². The summed E-state index contributed by atoms with van der Waals surface area (Å²) in [5.41, 5.74) is 1.81. The maximum absolute atomic E-state index is 14.1. The first-order valence-corrected chi connectivity index (χ1v) is 12.4. The minimum Gasteiger partial charge on any atom is -0.507 e. The molecule has 1 amide bonds. The van der Waals surface area contributed by atoms with Crippen LogP contribution in [0.2, 0.25) is 0 Å². The third-order valence-electron chi connectivity index (χ3n) is 6.60. The first-order valence-electron chi connectivity index (χ1n) is 12.4. The number of unbranched alkanes of at least 4 members (excludes halogenated alkanes) is 1. The van der Waals surface area contributed by atoms with Crippen LogP contribution < -0.4 is 5.32 Å². The van der Waals surface area contributed by atoms with Crippen molar-refractivity contribution >= 4 is 5.91 Å². The highest BCUT2D eigenvalue weighted by Gasteiger charge is 2.41. The normalized spacial score (nSPS) is 19.1. The number of hydrogen-bond donors (Lipinski definition) is 2. The first-order chi connectivity index (χ1) is 14.4. The minimum atomic E-state index is -0.257. The monoisotopic (exact) mass is 444 g/mol. The van der Waals surface area contributed by atoms with Gasteiger partial charge in [-0.1, -0.05) is 54.9 Å². The van der Waals surface area contributed by atoms with E-state index in [1.54, 1.807) is 0 Å². The Morgan fingerprint density at radius 3 is 1.81 bits per heavy atom. The van der Waals surface area contributed by atoms with Crippen molar-refractivity contribution < 1.29 is 9.90 Å². The van der Waals surface area contributed by atoms with Crippen LogP contribution in [-0.2, 0) is 10.8 Å². The SMILES string of the molecule is CCCCN(C(=O)c1cc(C(C)(C)C)c(O)c(C(C)(C)C)c1)C1CC(C)(C)NC(C)(C)C1. The Labute approximate surface area is 197 Å². The zero-order valence-electron chi connectivity index (χ0n) is 22.6. The molecule has 1 heterocycles. The number of aromatic hydroxyl groups is 1. The van der Waals surface area contributed by atoms with Gasteiger partial charge in [0.2, 0.25) is 0 Å². The van der Waals surface area contributed by atoms with Gasteiger partial charge < -0.3 is 15.3 Å². The molecule has 0 unspecified atom stereocenters. The van der Waals surface area contributed by atoms with E-state index in [9.17, 15) is 9.90 Å². The summed E-state index contributed by atoms with van der Waals surface area (Å²) < 4.78 is 0. The summed E-state index contributed by atoms with van der Waals surface area (Å²) in [5, 5.41) is 14.8. The van der Waals surface area contributed by atoms with Gasteiger partial charge >= 0.3 is 0 Å². The van der Waals surface area contributed by atoms with E-state index in [-0.39, 0.29) is 33.9 Å². The Balaban J connectivity index is 2.59. The molecule has 0 bridgehead atoms. The summed E-state index contributed by atoms with van der Waals surface area (Å²) in [6, 6.07) is 4.05. The fourth-order valence-corrected chi connectivity index (χ4v) is 5.33. The van der Waals surface area contributed by atoms with E-state index < -0.39 is 0 Å². The van der Waals surface area contributed by atoms with E-state index in [1.807, 2.05) is 12.1 Å². The Hall–Kier alpha value is -1.55. The lowest BCUT2D eigenvalue weighted by Gasteiger charge is -2.49. The summed E-state index contributed by atoms with van der Waals surface area (Å²) in [6.45, 7) is 24.4. The smallest absolute Gasteiger partial charge is 0.254 e. The molecule has 1 aliphatic heterocycles. The van der Waals surface area contributed by atoms with Gasteiger partial charge in [0.05, 0.1) is 0 Å². The second-order valence-corrected chi connectivity index (χ2v) is 13.2. The number of benzene rings is 1. The highest BCUT2D eigenvalue weighted by atomic mass is 16.3. The van der Waals surface area contributed by atoms with Crippen LogP contribution in [-0.4, -0.2) is 39.6 Å². The third kappa shape index (κ3) is 6.27. The van der Waals surface area contributed by atoms with Gasteiger partial charge in [0, 0.05) is 40.4 Å². The van der Waals surface area contributed by atoms with Gasteiger partial charge in [0.25, 0.3) is 5.91 Å². The van der Waals surface area contributed by atoms with Crippen molar-refractivity contribution in [1.82, 2.24) is 10.2 Å². The van der Waals surface area contributed by atoms with E-state index in [1.165, 1.54) is 0 Å². The molecule has 0 radical (unpaired) electrons. The molecule has 0 aliphatic carbocycles. The Morgan fingerprint density at radius 1 is 1.00 bits per heavy atom. The number of rotatable bonds is 5. The number of carbonyl (C=O) groups excluding carboxylic acids is 1. The highest BCUT2D eigenvalue weighted by Crippen LogP contribution is 2.40. The standard InChI is InChI=1S/C28H48N2O2/c1-12-13-14-30(20-17-27(8,9)29-28(10,11)18-20)24(32)19-15-21(25(2,3)4)23(31)22(16-19)26(5,6)7/h15-16,20,29,31H,12-14,17-18H2,1-11H3. The van der Waals surface area contributed by atoms with Gasteiger partial charge in [0.15, 0.2) is 0 Å². The number of phenolic OH excluding ortho intramolecular Hbond substituents is 1. The number of piperidine rings is 1. The van der Waals surface area contributed by atoms with Gasteiger partial charge in [-0.25, -0.2) is 0 Å². The van der Waals surface area contributed by atoms with E-state index in [2.05, 4.69) is 86.4 Å². The van der Waals surface area contributed by atoms with Gasteiger partial charge in [0.1, 0.15) is 5.75 Å². The molecular formula is C28H48N2O2. The van der Waals surface area contributed by atoms with Crippen LogP contribution in [0.1, 0.15) is 123 Å². The molecule has 1 fully saturated rings. The zero-order chi connectivity index (χ0) is 24.7. The number of carbonyl (C=O) groups is 1. The maximum Gasteiger partial charge on any atom is 0.254 e. The van der Waals surface area contributed by atoms with Crippen LogP contribution in [0.15, 0.2) is 12.1 Å². The Kier molecular flexibility index (Phi) is 7.51. The second kappa shape index (κ2) is 9.00. The lowest BCUT2D eigenvalue weighted by atomic mass is 9.77. The van der Waals surface area contributed by atoms with Crippen molar-refractivity contribution in [3.8, 4) is 5.75 Å². The molecule has 0 saturated carbocycles. The van der Waals surface area contributed by atoms with E-state index in [0.29, 0.717) is 11.3 Å². The molecule has 1 aromatic carbocycles. The molecule has 2 rings (SSSR count). The van der Waals surface area contributed by atoms with Gasteiger partial charge in [-0.2, -0.15) is 0 Å². The average molecular weight is 445 g/mol. The van der Waals surface area contributed by atoms with E-state index in [4.69, 9.17) is 0 Å². The summed E-state index contributed by atoms with van der Waals surface area (Å²) in [4.78, 5) is 16.2. The predicted octanol–water partition coefficient (Wildman–Crippen LogP) is 6.54. The molecule has 4 heteroatoms. The van der Waals surface area contributed by atoms with Crippen LogP contribution in [0.3, 0.4) is 0 Å². The molecule has 4 nitrogen and oxygen atoms in total. The fourth-order valence-electron chi connectivity index (χ4n) is 5.33. The molecule has 1 aliphatic rings. The molecule has 1 aromatic rings. The van der Waals surface area contributed by atoms with Crippen molar-refractivity contribution in [2.75, 3.05) is 6.54 Å². The van der Waals surface area contributed by atoms with Crippen LogP contribution in [0, 0.1) is 0 Å². The molecule has 32 heavy (non-hydrogen) atoms. The summed E-state index contributed by atoms with van der Waals surface area (Å²) in [5.74, 6) is 0.416. The number of nitrogens with one attached hydrogen (secondary N) is 1. The van der Waals surface area contributed by atoms with Crippen molar-refractivity contribution in [3.05, 3.63) is 28.8 Å². The number of hydrogen-bond acceptors (Lipinski definition) is 3. The molecule has 1 saturated heterocycles. The summed E-state index contributed by atoms with van der Waals surface area (Å²) in [7, 11) is 0. The minimum absolute atomic E-state index is 0.0285. The molecule has 182 valence electrons. The summed E-state index contributed by atoms with van der Waals surface area (Å²) in [6.07, 6.45) is 3.91. The number of nitrogens with zero attached hydrogens (tertiary/aromatic N) is 1. The van der Waals surface area contributed by atoms with E-state index in [0.717, 1.165) is 43.4 Å². The van der Waals surface area contributed by atoms with Crippen LogP contribution in [0.25, 0.3) is 0 Å². The molecular weight excluding hydrogens is 396 g/mol. The Morgan fingerprint density at radius 2 is 1.44 bits per heavy atom. The molecule has 2 N–H and O–H groups in total. The highest BCUT2D eigenvalue weighted by molar-refractivity contribution is 5.95. The van der Waals surface area contributed by atoms with Gasteiger partial charge in [-0.3, -0.25) is 4.79 Å². The van der Waals surface area contributed by atoms with Crippen LogP contribution in [0.4, 0.5) is 0 Å². The van der Waals surface area contributed by atoms with Crippen molar-refractivity contribution in [2.45, 2.75) is 130 Å². The molecule has 0 aromatic heterocycles. The van der Waals surface area contributed by atoms with Gasteiger partial charge in [-0.05, 0) is 69.9 Å². The van der Waals surface area contributed by atoms with E-state index >= 15 is 0 Å². The first kappa shape index (κ1) is 26.7. The number of phenols is 1. The quantitative estimate of drug-likeness (QED) is 0.542. The number of amides is 1. The second-order valence-electron chi connectivity index (χ2n) is 13.2. The Bertz CT molecular complexity index is 774. The van der Waals surface area contributed by atoms with Crippen molar-refractivity contribution in [1.29, 1.82) is 0 Å². The molecule has 0 spiro atoms. The maximum atomic E-state index is 14.1. The van der Waals surface area contributed by atoms with Crippen LogP contribution in [0.5, 0.6) is 5.75 Å². The fraction of sp³-hybridized carbons (Fsp3) is 0.750. The van der Waals surface area contributed by atoms with Crippen molar-refractivity contribution in [2.24, 2.45) is 0 Å². The van der Waals surface area contributed by atoms with Crippen molar-refractivity contribution in [3.63, 3.8) is 0 Å². The third-order valence-corrected chi connectivity index (χ3v) is 6.60. The lowest BCUT2D eigenvalue weighted by Crippen LogP contribution is -2.62. The predicted molar refractivity (Wildman–Crippen MR) is 136 cm³/mol. The largest absolute Gasteiger partial charge is 0.507 e. The molecule has 0 atom stereocenters. The lowest BCUT2D eigenvalue weighted by molar-refractivity contribution is 0.0441. The zero-order valence-corrected chi connectivity index (χ0v) is 22.6. The summed E-state index contributed by atoms with van der Waals surface area (Å²) >= 11 is 0. The van der Waals surface area contributed by atoms with Crippen LogP contribution >= 0.6 is 0 Å².